The molecule has 1 aliphatic heterocycles. The molecule has 1 saturated heterocycles. The molecule has 23 heavy (non-hydrogen) atoms. The van der Waals surface area contributed by atoms with Crippen LogP contribution in [0.1, 0.15) is 30.7 Å². The Morgan fingerprint density at radius 3 is 2.87 bits per heavy atom. The summed E-state index contributed by atoms with van der Waals surface area (Å²) < 4.78 is 5.37. The molecule has 1 atom stereocenters. The van der Waals surface area contributed by atoms with Crippen LogP contribution < -0.4 is 5.32 Å². The number of nitrogens with zero attached hydrogens (tertiary/aromatic N) is 3. The van der Waals surface area contributed by atoms with Gasteiger partial charge in [-0.05, 0) is 38.4 Å². The summed E-state index contributed by atoms with van der Waals surface area (Å²) in [7, 11) is 1.68. The number of nitrogens with one attached hydrogen (secondary N) is 1. The molecule has 1 aliphatic rings. The van der Waals surface area contributed by atoms with Gasteiger partial charge in [0.25, 0.3) is 5.89 Å². The number of benzene rings is 1. The van der Waals surface area contributed by atoms with Crippen LogP contribution in [0.15, 0.2) is 28.8 Å². The molecule has 2 heterocycles. The van der Waals surface area contributed by atoms with Gasteiger partial charge in [0.05, 0.1) is 12.6 Å². The normalized spacial score (nSPS) is 18.8. The number of piperidine rings is 1. The Morgan fingerprint density at radius 1 is 1.35 bits per heavy atom. The van der Waals surface area contributed by atoms with Crippen LogP contribution in [-0.4, -0.2) is 40.6 Å². The highest BCUT2D eigenvalue weighted by Gasteiger charge is 2.29. The van der Waals surface area contributed by atoms with E-state index in [9.17, 15) is 4.79 Å². The van der Waals surface area contributed by atoms with Crippen molar-refractivity contribution in [3.05, 3.63) is 35.7 Å². The summed E-state index contributed by atoms with van der Waals surface area (Å²) in [6.45, 7) is 3.46. The van der Waals surface area contributed by atoms with Crippen LogP contribution in [0.4, 0.5) is 0 Å². The predicted molar refractivity (Wildman–Crippen MR) is 86.6 cm³/mol. The quantitative estimate of drug-likeness (QED) is 0.936. The van der Waals surface area contributed by atoms with E-state index in [4.69, 9.17) is 4.52 Å². The lowest BCUT2D eigenvalue weighted by Gasteiger charge is -2.33. The number of carbonyl (C=O) groups excluding carboxylic acids is 1. The van der Waals surface area contributed by atoms with Crippen LogP contribution in [0, 0.1) is 6.92 Å². The molecule has 0 saturated carbocycles. The van der Waals surface area contributed by atoms with Crippen molar-refractivity contribution in [2.75, 3.05) is 13.6 Å². The van der Waals surface area contributed by atoms with Crippen LogP contribution in [0.3, 0.4) is 0 Å². The number of aryl methyl sites for hydroxylation is 1. The smallest absolute Gasteiger partial charge is 0.257 e. The monoisotopic (exact) mass is 314 g/mol. The number of likely N-dealkylation sites (N-methyl/N-ethyl adjacent to an activating group) is 1. The lowest BCUT2D eigenvalue weighted by atomic mass is 10.0. The van der Waals surface area contributed by atoms with Gasteiger partial charge in [-0.2, -0.15) is 4.98 Å². The maximum atomic E-state index is 12.0. The van der Waals surface area contributed by atoms with Gasteiger partial charge in [-0.3, -0.25) is 9.69 Å². The highest BCUT2D eigenvalue weighted by atomic mass is 16.5. The van der Waals surface area contributed by atoms with Gasteiger partial charge in [0, 0.05) is 12.6 Å². The minimum Gasteiger partial charge on any atom is -0.358 e. The molecule has 6 heteroatoms. The molecule has 0 bridgehead atoms. The summed E-state index contributed by atoms with van der Waals surface area (Å²) in [6, 6.07) is 7.88. The largest absolute Gasteiger partial charge is 0.358 e. The van der Waals surface area contributed by atoms with Crippen molar-refractivity contribution in [2.24, 2.45) is 0 Å². The third kappa shape index (κ3) is 3.59. The molecule has 1 N–H and O–H groups in total. The highest BCUT2D eigenvalue weighted by molar-refractivity contribution is 5.81. The second-order valence-corrected chi connectivity index (χ2v) is 5.98. The molecule has 0 spiro atoms. The molecule has 1 amide bonds. The number of aromatic nitrogens is 2. The molecule has 3 rings (SSSR count). The SMILES string of the molecule is CNC(=O)[C@H]1CCCCN1Cc1noc(-c2ccc(C)cc2)n1. The number of rotatable bonds is 4. The third-order valence-electron chi connectivity index (χ3n) is 4.27. The number of likely N-dealkylation sites (tertiary alicyclic amines) is 1. The van der Waals surface area contributed by atoms with Crippen molar-refractivity contribution in [2.45, 2.75) is 38.8 Å². The topological polar surface area (TPSA) is 71.3 Å². The maximum absolute atomic E-state index is 12.0. The van der Waals surface area contributed by atoms with Gasteiger partial charge in [-0.25, -0.2) is 0 Å². The predicted octanol–water partition coefficient (Wildman–Crippen LogP) is 2.15. The van der Waals surface area contributed by atoms with Gasteiger partial charge in [0.15, 0.2) is 5.82 Å². The summed E-state index contributed by atoms with van der Waals surface area (Å²) in [5.41, 5.74) is 2.10. The van der Waals surface area contributed by atoms with E-state index in [-0.39, 0.29) is 11.9 Å². The zero-order valence-corrected chi connectivity index (χ0v) is 13.6. The zero-order valence-electron chi connectivity index (χ0n) is 13.6. The molecule has 122 valence electrons. The molecule has 2 aromatic rings. The Labute approximate surface area is 135 Å². The summed E-state index contributed by atoms with van der Waals surface area (Å²) in [4.78, 5) is 18.6. The molecule has 0 unspecified atom stereocenters. The summed E-state index contributed by atoms with van der Waals surface area (Å²) >= 11 is 0. The first-order valence-electron chi connectivity index (χ1n) is 8.02. The summed E-state index contributed by atoms with van der Waals surface area (Å²) in [5, 5.41) is 6.81. The molecule has 1 fully saturated rings. The summed E-state index contributed by atoms with van der Waals surface area (Å²) in [5.74, 6) is 1.21. The molecular formula is C17H22N4O2. The van der Waals surface area contributed by atoms with Gasteiger partial charge >= 0.3 is 0 Å². The first-order valence-corrected chi connectivity index (χ1v) is 8.02. The maximum Gasteiger partial charge on any atom is 0.257 e. The number of hydrogen-bond donors (Lipinski definition) is 1. The van der Waals surface area contributed by atoms with Gasteiger partial charge < -0.3 is 9.84 Å². The number of carbonyl (C=O) groups is 1. The van der Waals surface area contributed by atoms with Crippen molar-refractivity contribution in [3.63, 3.8) is 0 Å². The zero-order chi connectivity index (χ0) is 16.2. The van der Waals surface area contributed by atoms with E-state index >= 15 is 0 Å². The van der Waals surface area contributed by atoms with E-state index < -0.39 is 0 Å². The minimum atomic E-state index is -0.102. The van der Waals surface area contributed by atoms with E-state index in [1.807, 2.05) is 31.2 Å². The van der Waals surface area contributed by atoms with Gasteiger partial charge in [-0.15, -0.1) is 0 Å². The Balaban J connectivity index is 1.72. The fraction of sp³-hybridized carbons (Fsp3) is 0.471. The fourth-order valence-corrected chi connectivity index (χ4v) is 2.96. The number of hydrogen-bond acceptors (Lipinski definition) is 5. The highest BCUT2D eigenvalue weighted by Crippen LogP contribution is 2.21. The average Bonchev–Trinajstić information content (AvgIpc) is 3.04. The first kappa shape index (κ1) is 15.7. The van der Waals surface area contributed by atoms with E-state index in [2.05, 4.69) is 20.4 Å². The molecule has 1 aromatic carbocycles. The van der Waals surface area contributed by atoms with Gasteiger partial charge in [0.2, 0.25) is 5.91 Å². The van der Waals surface area contributed by atoms with Crippen molar-refractivity contribution in [3.8, 4) is 11.5 Å². The molecular weight excluding hydrogens is 292 g/mol. The van der Waals surface area contributed by atoms with Crippen molar-refractivity contribution in [1.29, 1.82) is 0 Å². The van der Waals surface area contributed by atoms with Crippen LogP contribution in [0.25, 0.3) is 11.5 Å². The van der Waals surface area contributed by atoms with Crippen LogP contribution in [-0.2, 0) is 11.3 Å². The third-order valence-corrected chi connectivity index (χ3v) is 4.27. The standard InChI is InChI=1S/C17H22N4O2/c1-12-6-8-13(9-7-12)17-19-15(20-23-17)11-21-10-4-3-5-14(21)16(22)18-2/h6-9,14H,3-5,10-11H2,1-2H3,(H,18,22)/t14-/m1/s1. The van der Waals surface area contributed by atoms with Crippen LogP contribution in [0.2, 0.25) is 0 Å². The molecule has 1 aromatic heterocycles. The van der Waals surface area contributed by atoms with Crippen molar-refractivity contribution < 1.29 is 9.32 Å². The lowest BCUT2D eigenvalue weighted by Crippen LogP contribution is -2.48. The van der Waals surface area contributed by atoms with E-state index in [0.29, 0.717) is 18.3 Å². The van der Waals surface area contributed by atoms with Crippen LogP contribution >= 0.6 is 0 Å². The fourth-order valence-electron chi connectivity index (χ4n) is 2.96. The van der Waals surface area contributed by atoms with E-state index in [1.165, 1.54) is 5.56 Å². The van der Waals surface area contributed by atoms with Crippen molar-refractivity contribution in [1.82, 2.24) is 20.4 Å². The lowest BCUT2D eigenvalue weighted by molar-refractivity contribution is -0.127. The van der Waals surface area contributed by atoms with Gasteiger partial charge in [0.1, 0.15) is 0 Å². The number of amides is 1. The molecule has 0 radical (unpaired) electrons. The summed E-state index contributed by atoms with van der Waals surface area (Å²) in [6.07, 6.45) is 3.05. The first-order chi connectivity index (χ1) is 11.2. The Bertz CT molecular complexity index is 665. The van der Waals surface area contributed by atoms with Gasteiger partial charge in [-0.1, -0.05) is 29.3 Å². The Kier molecular flexibility index (Phi) is 4.71. The second kappa shape index (κ2) is 6.91. The molecule has 6 nitrogen and oxygen atoms in total. The Morgan fingerprint density at radius 2 is 2.13 bits per heavy atom. The minimum absolute atomic E-state index is 0.0620. The van der Waals surface area contributed by atoms with Crippen LogP contribution in [0.5, 0.6) is 0 Å². The second-order valence-electron chi connectivity index (χ2n) is 5.98. The van der Waals surface area contributed by atoms with Crippen molar-refractivity contribution >= 4 is 5.91 Å². The van der Waals surface area contributed by atoms with E-state index in [0.717, 1.165) is 31.4 Å². The van der Waals surface area contributed by atoms with E-state index in [1.54, 1.807) is 7.05 Å². The Hall–Kier alpha value is -2.21. The molecule has 0 aliphatic carbocycles. The average molecular weight is 314 g/mol.